The standard InChI is InChI=1S/C62H39IN2/c63-56-39-44(43-33-36-60-55(38-43)48-20-12-14-26-58(48)65(60)46-17-5-2-6-18-46)31-34-53(56)62-51-23-9-7-21-49(51)61(50-22-8-10-24-52(50)62)41-29-27-40(28-30-41)42-32-35-59-54(37-42)47-19-11-13-25-57(47)64(59)45-15-3-1-4-16-45/h1-39H. The molecule has 0 amide bonds. The fourth-order valence-electron chi connectivity index (χ4n) is 10.5. The van der Waals surface area contributed by atoms with E-state index >= 15 is 0 Å². The molecule has 13 rings (SSSR count). The Balaban J connectivity index is 0.900. The summed E-state index contributed by atoms with van der Waals surface area (Å²) in [5, 5.41) is 10.1. The molecule has 0 bridgehead atoms. The van der Waals surface area contributed by atoms with Crippen molar-refractivity contribution >= 4 is 87.7 Å². The van der Waals surface area contributed by atoms with Gasteiger partial charge in [0.2, 0.25) is 0 Å². The number of hydrogen-bond acceptors (Lipinski definition) is 0. The van der Waals surface area contributed by atoms with Crippen LogP contribution in [-0.2, 0) is 0 Å². The molecule has 0 saturated carbocycles. The van der Waals surface area contributed by atoms with Gasteiger partial charge in [-0.3, -0.25) is 0 Å². The topological polar surface area (TPSA) is 9.86 Å². The van der Waals surface area contributed by atoms with Crippen molar-refractivity contribution in [3.05, 3.63) is 240 Å². The predicted octanol–water partition coefficient (Wildman–Crippen LogP) is 17.5. The van der Waals surface area contributed by atoms with E-state index in [4.69, 9.17) is 0 Å². The molecule has 2 aromatic heterocycles. The number of aromatic nitrogens is 2. The molecule has 0 atom stereocenters. The fourth-order valence-corrected chi connectivity index (χ4v) is 11.3. The Hall–Kier alpha value is -7.73. The largest absolute Gasteiger partial charge is 0.309 e. The van der Waals surface area contributed by atoms with E-state index in [1.807, 2.05) is 0 Å². The fraction of sp³-hybridized carbons (Fsp3) is 0. The number of benzene rings is 11. The first kappa shape index (κ1) is 37.8. The second-order valence-electron chi connectivity index (χ2n) is 17.0. The van der Waals surface area contributed by atoms with Gasteiger partial charge in [0, 0.05) is 36.5 Å². The highest BCUT2D eigenvalue weighted by Crippen LogP contribution is 2.46. The highest BCUT2D eigenvalue weighted by molar-refractivity contribution is 14.1. The monoisotopic (exact) mass is 938 g/mol. The van der Waals surface area contributed by atoms with Crippen molar-refractivity contribution in [1.82, 2.24) is 9.13 Å². The van der Waals surface area contributed by atoms with Gasteiger partial charge < -0.3 is 9.13 Å². The Bertz CT molecular complexity index is 3930. The third kappa shape index (κ3) is 6.07. The molecule has 0 fully saturated rings. The molecule has 2 heterocycles. The molecular formula is C62H39IN2. The minimum atomic E-state index is 1.17. The van der Waals surface area contributed by atoms with E-state index in [1.54, 1.807) is 0 Å². The highest BCUT2D eigenvalue weighted by Gasteiger charge is 2.20. The van der Waals surface area contributed by atoms with Crippen LogP contribution in [0.2, 0.25) is 0 Å². The van der Waals surface area contributed by atoms with Crippen molar-refractivity contribution in [2.24, 2.45) is 0 Å². The number of halogens is 1. The third-order valence-electron chi connectivity index (χ3n) is 13.4. The van der Waals surface area contributed by atoms with Crippen LogP contribution < -0.4 is 0 Å². The highest BCUT2D eigenvalue weighted by atomic mass is 127. The summed E-state index contributed by atoms with van der Waals surface area (Å²) >= 11 is 2.56. The second kappa shape index (κ2) is 15.2. The third-order valence-corrected chi connectivity index (χ3v) is 14.3. The summed E-state index contributed by atoms with van der Waals surface area (Å²) in [5.41, 5.74) is 17.0. The van der Waals surface area contributed by atoms with Crippen LogP contribution in [0.1, 0.15) is 0 Å². The smallest absolute Gasteiger partial charge is 0.0541 e. The van der Waals surface area contributed by atoms with Crippen LogP contribution in [0, 0.1) is 3.57 Å². The summed E-state index contributed by atoms with van der Waals surface area (Å²) in [6.07, 6.45) is 0. The molecule has 0 saturated heterocycles. The Kier molecular flexibility index (Phi) is 8.85. The molecule has 0 aliphatic carbocycles. The molecule has 2 nitrogen and oxygen atoms in total. The average molecular weight is 939 g/mol. The molecular weight excluding hydrogens is 900 g/mol. The number of para-hydroxylation sites is 4. The maximum Gasteiger partial charge on any atom is 0.0541 e. The van der Waals surface area contributed by atoms with Crippen LogP contribution in [0.5, 0.6) is 0 Å². The minimum absolute atomic E-state index is 1.17. The van der Waals surface area contributed by atoms with Crippen molar-refractivity contribution in [3.63, 3.8) is 0 Å². The van der Waals surface area contributed by atoms with Crippen molar-refractivity contribution < 1.29 is 0 Å². The zero-order valence-corrected chi connectivity index (χ0v) is 37.4. The van der Waals surface area contributed by atoms with Gasteiger partial charge in [0.25, 0.3) is 0 Å². The van der Waals surface area contributed by atoms with Crippen molar-refractivity contribution in [3.8, 4) is 55.9 Å². The van der Waals surface area contributed by atoms with Gasteiger partial charge in [-0.25, -0.2) is 0 Å². The SMILES string of the molecule is Ic1cc(-c2ccc3c(c2)c2ccccc2n3-c2ccccc2)ccc1-c1c2ccccc2c(-c2ccc(-c3ccc4c(c3)c3ccccc3n4-c3ccccc3)cc2)c2ccccc12. The van der Waals surface area contributed by atoms with E-state index in [2.05, 4.69) is 268 Å². The molecule has 0 aliphatic rings. The molecule has 0 unspecified atom stereocenters. The van der Waals surface area contributed by atoms with Gasteiger partial charge in [-0.05, 0) is 155 Å². The number of rotatable bonds is 6. The lowest BCUT2D eigenvalue weighted by Gasteiger charge is -2.19. The summed E-state index contributed by atoms with van der Waals surface area (Å²) in [6, 6.07) is 86.8. The number of hydrogen-bond donors (Lipinski definition) is 0. The zero-order valence-electron chi connectivity index (χ0n) is 35.3. The quantitative estimate of drug-likeness (QED) is 0.116. The van der Waals surface area contributed by atoms with Gasteiger partial charge in [-0.2, -0.15) is 0 Å². The first-order chi connectivity index (χ1) is 32.2. The van der Waals surface area contributed by atoms with Crippen LogP contribution in [0.3, 0.4) is 0 Å². The van der Waals surface area contributed by atoms with E-state index in [1.165, 1.54) is 125 Å². The van der Waals surface area contributed by atoms with Gasteiger partial charge >= 0.3 is 0 Å². The van der Waals surface area contributed by atoms with Crippen LogP contribution in [0.4, 0.5) is 0 Å². The molecule has 304 valence electrons. The molecule has 0 radical (unpaired) electrons. The van der Waals surface area contributed by atoms with E-state index in [0.717, 1.165) is 0 Å². The van der Waals surface area contributed by atoms with Gasteiger partial charge in [0.15, 0.2) is 0 Å². The lowest BCUT2D eigenvalue weighted by Crippen LogP contribution is -1.93. The molecule has 13 aromatic rings. The Labute approximate surface area is 390 Å². The van der Waals surface area contributed by atoms with Crippen LogP contribution in [0.15, 0.2) is 237 Å². The maximum atomic E-state index is 2.56. The maximum absolute atomic E-state index is 2.56. The average Bonchev–Trinajstić information content (AvgIpc) is 3.88. The molecule has 65 heavy (non-hydrogen) atoms. The Morgan fingerprint density at radius 2 is 0.600 bits per heavy atom. The first-order valence-electron chi connectivity index (χ1n) is 22.2. The minimum Gasteiger partial charge on any atom is -0.309 e. The molecule has 3 heteroatoms. The molecule has 0 N–H and O–H groups in total. The number of fused-ring (bicyclic) bond motifs is 8. The summed E-state index contributed by atoms with van der Waals surface area (Å²) in [6.45, 7) is 0. The molecule has 11 aromatic carbocycles. The van der Waals surface area contributed by atoms with E-state index in [9.17, 15) is 0 Å². The van der Waals surface area contributed by atoms with Crippen LogP contribution in [-0.4, -0.2) is 9.13 Å². The van der Waals surface area contributed by atoms with E-state index in [0.29, 0.717) is 0 Å². The Morgan fingerprint density at radius 1 is 0.246 bits per heavy atom. The lowest BCUT2D eigenvalue weighted by atomic mass is 9.85. The Morgan fingerprint density at radius 3 is 1.09 bits per heavy atom. The zero-order chi connectivity index (χ0) is 43.0. The lowest BCUT2D eigenvalue weighted by molar-refractivity contribution is 1.18. The summed E-state index contributed by atoms with van der Waals surface area (Å²) in [5.74, 6) is 0. The van der Waals surface area contributed by atoms with Gasteiger partial charge in [-0.1, -0.05) is 170 Å². The van der Waals surface area contributed by atoms with E-state index in [-0.39, 0.29) is 0 Å². The summed E-state index contributed by atoms with van der Waals surface area (Å²) < 4.78 is 5.98. The van der Waals surface area contributed by atoms with Gasteiger partial charge in [0.1, 0.15) is 0 Å². The van der Waals surface area contributed by atoms with Crippen LogP contribution >= 0.6 is 22.6 Å². The van der Waals surface area contributed by atoms with Gasteiger partial charge in [0.05, 0.1) is 22.1 Å². The van der Waals surface area contributed by atoms with E-state index < -0.39 is 0 Å². The second-order valence-corrected chi connectivity index (χ2v) is 18.1. The summed E-state index contributed by atoms with van der Waals surface area (Å²) in [4.78, 5) is 0. The number of nitrogens with zero attached hydrogens (tertiary/aromatic N) is 2. The van der Waals surface area contributed by atoms with Crippen molar-refractivity contribution in [2.45, 2.75) is 0 Å². The van der Waals surface area contributed by atoms with Crippen LogP contribution in [0.25, 0.3) is 121 Å². The van der Waals surface area contributed by atoms with Crippen molar-refractivity contribution in [2.75, 3.05) is 0 Å². The molecule has 0 aliphatic heterocycles. The normalized spacial score (nSPS) is 11.8. The summed E-state index contributed by atoms with van der Waals surface area (Å²) in [7, 11) is 0. The first-order valence-corrected chi connectivity index (χ1v) is 23.3. The van der Waals surface area contributed by atoms with Crippen molar-refractivity contribution in [1.29, 1.82) is 0 Å². The molecule has 0 spiro atoms. The predicted molar refractivity (Wildman–Crippen MR) is 285 cm³/mol. The van der Waals surface area contributed by atoms with Gasteiger partial charge in [-0.15, -0.1) is 0 Å².